The number of benzene rings is 3. The van der Waals surface area contributed by atoms with E-state index in [2.05, 4.69) is 10.3 Å². The van der Waals surface area contributed by atoms with Gasteiger partial charge in [0.1, 0.15) is 0 Å². The van der Waals surface area contributed by atoms with Crippen LogP contribution in [0.2, 0.25) is 5.02 Å². The Morgan fingerprint density at radius 3 is 2.24 bits per heavy atom. The first-order valence-corrected chi connectivity index (χ1v) is 15.7. The van der Waals surface area contributed by atoms with Gasteiger partial charge in [0.25, 0.3) is 5.56 Å². The molecule has 1 aliphatic rings. The maximum atomic E-state index is 13.6. The van der Waals surface area contributed by atoms with Crippen LogP contribution in [-0.2, 0) is 22.4 Å². The molecule has 5 rings (SSSR count). The van der Waals surface area contributed by atoms with Crippen LogP contribution in [0.4, 0.5) is 0 Å². The molecule has 3 aromatic carbocycles. The Balaban J connectivity index is 1.23. The Hall–Kier alpha value is -3.20. The van der Waals surface area contributed by atoms with Gasteiger partial charge in [0.05, 0.1) is 18.2 Å². The van der Waals surface area contributed by atoms with E-state index in [1.54, 1.807) is 18.0 Å². The van der Waals surface area contributed by atoms with E-state index in [1.165, 1.54) is 0 Å². The van der Waals surface area contributed by atoms with E-state index < -0.39 is 6.04 Å². The number of rotatable bonds is 12. The molecule has 4 N–H and O–H groups in total. The van der Waals surface area contributed by atoms with E-state index in [4.69, 9.17) is 22.1 Å². The van der Waals surface area contributed by atoms with Crippen molar-refractivity contribution < 1.29 is 9.53 Å². The number of ketones is 1. The van der Waals surface area contributed by atoms with E-state index in [-0.39, 0.29) is 35.9 Å². The fraction of sp³-hybridized carbons (Fsp3) is 0.294. The number of nitrogens with two attached hydrogens (primary N) is 1. The third-order valence-corrected chi connectivity index (χ3v) is 9.07. The van der Waals surface area contributed by atoms with Crippen molar-refractivity contribution in [3.05, 3.63) is 135 Å². The van der Waals surface area contributed by atoms with Crippen LogP contribution in [0.25, 0.3) is 0 Å². The van der Waals surface area contributed by atoms with Gasteiger partial charge in [-0.15, -0.1) is 11.8 Å². The second-order valence-corrected chi connectivity index (χ2v) is 12.2. The summed E-state index contributed by atoms with van der Waals surface area (Å²) in [4.78, 5) is 30.5. The highest BCUT2D eigenvalue weighted by Crippen LogP contribution is 2.28. The van der Waals surface area contributed by atoms with Crippen molar-refractivity contribution >= 4 is 29.1 Å². The molecular formula is C34H36ClN3O3S. The zero-order chi connectivity index (χ0) is 29.3. The van der Waals surface area contributed by atoms with Gasteiger partial charge >= 0.3 is 0 Å². The summed E-state index contributed by atoms with van der Waals surface area (Å²) < 4.78 is 6.39. The monoisotopic (exact) mass is 601 g/mol. The Morgan fingerprint density at radius 1 is 0.929 bits per heavy atom. The largest absolute Gasteiger partial charge is 0.371 e. The summed E-state index contributed by atoms with van der Waals surface area (Å²) in [5, 5.41) is 4.21. The van der Waals surface area contributed by atoms with Crippen LogP contribution < -0.4 is 16.6 Å². The summed E-state index contributed by atoms with van der Waals surface area (Å²) in [6.07, 6.45) is 3.09. The molecule has 1 fully saturated rings. The fourth-order valence-electron chi connectivity index (χ4n) is 5.46. The minimum atomic E-state index is -0.799. The van der Waals surface area contributed by atoms with E-state index in [9.17, 15) is 9.59 Å². The van der Waals surface area contributed by atoms with Crippen molar-refractivity contribution in [2.24, 2.45) is 5.73 Å². The first kappa shape index (κ1) is 30.3. The number of morpholine rings is 1. The smallest absolute Gasteiger partial charge is 0.251 e. The minimum Gasteiger partial charge on any atom is -0.371 e. The third kappa shape index (κ3) is 8.00. The number of aromatic amines is 1. The number of aromatic nitrogens is 1. The number of pyridine rings is 1. The van der Waals surface area contributed by atoms with Crippen molar-refractivity contribution in [1.29, 1.82) is 0 Å². The number of hydrogen-bond acceptors (Lipinski definition) is 6. The zero-order valence-corrected chi connectivity index (χ0v) is 25.0. The average molecular weight is 602 g/mol. The lowest BCUT2D eigenvalue weighted by Gasteiger charge is -2.31. The summed E-state index contributed by atoms with van der Waals surface area (Å²) in [5.41, 5.74) is 9.69. The molecule has 8 heteroatoms. The topological polar surface area (TPSA) is 97.2 Å². The van der Waals surface area contributed by atoms with Gasteiger partial charge < -0.3 is 20.8 Å². The first-order chi connectivity index (χ1) is 20.5. The molecule has 0 unspecified atom stereocenters. The molecule has 1 saturated heterocycles. The third-order valence-electron chi connectivity index (χ3n) is 7.67. The number of carbonyl (C=O) groups excluding carboxylic acids is 1. The normalized spacial score (nSPS) is 17.7. The van der Waals surface area contributed by atoms with Crippen molar-refractivity contribution in [2.75, 3.05) is 18.8 Å². The molecule has 0 saturated carbocycles. The SMILES string of the molecule is N[C@H](C(=O)Cc1c(CC[C@@H]2CNC[C@@H](CSc3ccc(Cl)cc3)O2)cc[nH]c1=O)C(c1ccccc1)c1ccccc1. The van der Waals surface area contributed by atoms with Crippen molar-refractivity contribution in [3.63, 3.8) is 0 Å². The molecule has 3 atom stereocenters. The molecule has 0 spiro atoms. The molecule has 0 bridgehead atoms. The summed E-state index contributed by atoms with van der Waals surface area (Å²) in [7, 11) is 0. The summed E-state index contributed by atoms with van der Waals surface area (Å²) in [6.45, 7) is 1.55. The molecular weight excluding hydrogens is 566 g/mol. The molecule has 42 heavy (non-hydrogen) atoms. The fourth-order valence-corrected chi connectivity index (χ4v) is 6.49. The molecule has 6 nitrogen and oxygen atoms in total. The second-order valence-electron chi connectivity index (χ2n) is 10.6. The van der Waals surface area contributed by atoms with Crippen molar-refractivity contribution in [2.45, 2.75) is 48.3 Å². The number of carbonyl (C=O) groups is 1. The van der Waals surface area contributed by atoms with Crippen molar-refractivity contribution in [1.82, 2.24) is 10.3 Å². The molecule has 0 amide bonds. The minimum absolute atomic E-state index is 0.0141. The summed E-state index contributed by atoms with van der Waals surface area (Å²) >= 11 is 7.75. The lowest BCUT2D eigenvalue weighted by atomic mass is 9.82. The number of thioether (sulfide) groups is 1. The van der Waals surface area contributed by atoms with E-state index in [1.807, 2.05) is 91.0 Å². The average Bonchev–Trinajstić information content (AvgIpc) is 3.02. The highest BCUT2D eigenvalue weighted by molar-refractivity contribution is 7.99. The van der Waals surface area contributed by atoms with Crippen LogP contribution in [0.5, 0.6) is 0 Å². The second kappa shape index (κ2) is 14.8. The molecule has 1 aliphatic heterocycles. The maximum absolute atomic E-state index is 13.6. The van der Waals surface area contributed by atoms with Gasteiger partial charge in [-0.25, -0.2) is 0 Å². The molecule has 4 aromatic rings. The number of hydrogen-bond donors (Lipinski definition) is 3. The van der Waals surface area contributed by atoms with E-state index in [0.29, 0.717) is 12.0 Å². The number of aryl methyl sites for hydroxylation is 1. The highest BCUT2D eigenvalue weighted by Gasteiger charge is 2.29. The van der Waals surface area contributed by atoms with E-state index >= 15 is 0 Å². The molecule has 0 aliphatic carbocycles. The van der Waals surface area contributed by atoms with Gasteiger partial charge in [-0.1, -0.05) is 72.3 Å². The van der Waals surface area contributed by atoms with Crippen LogP contribution in [0, 0.1) is 0 Å². The molecule has 218 valence electrons. The Kier molecular flexibility index (Phi) is 10.7. The lowest BCUT2D eigenvalue weighted by Crippen LogP contribution is -2.46. The van der Waals surface area contributed by atoms with Crippen LogP contribution in [0.1, 0.15) is 34.6 Å². The van der Waals surface area contributed by atoms with Gasteiger partial charge in [-0.2, -0.15) is 0 Å². The van der Waals surface area contributed by atoms with Crippen LogP contribution >= 0.6 is 23.4 Å². The standard InChI is InChI=1S/C34H36ClN3O3S/c35-26-12-15-29(16-13-26)42-22-28-21-37-20-27(41-28)14-11-23-17-18-38-34(40)30(23)19-31(39)33(36)32(24-7-3-1-4-8-24)25-9-5-2-6-10-25/h1-10,12-13,15-18,27-28,32-33,37H,11,14,19-22,36H2,(H,38,40)/t27-,28+,33-/m1/s1. The number of nitrogens with one attached hydrogen (secondary N) is 2. The number of H-pyrrole nitrogens is 1. The molecule has 2 heterocycles. The van der Waals surface area contributed by atoms with Gasteiger partial charge in [0.2, 0.25) is 0 Å². The molecule has 0 radical (unpaired) electrons. The molecule has 1 aromatic heterocycles. The number of halogens is 1. The van der Waals surface area contributed by atoms with Crippen molar-refractivity contribution in [3.8, 4) is 0 Å². The number of ether oxygens (including phenoxy) is 1. The van der Waals surface area contributed by atoms with Gasteiger partial charge in [-0.3, -0.25) is 9.59 Å². The highest BCUT2D eigenvalue weighted by atomic mass is 35.5. The predicted octanol–water partition coefficient (Wildman–Crippen LogP) is 5.38. The maximum Gasteiger partial charge on any atom is 0.251 e. The van der Waals surface area contributed by atoms with Gasteiger partial charge in [0, 0.05) is 52.9 Å². The van der Waals surface area contributed by atoms with E-state index in [0.717, 1.165) is 51.9 Å². The Bertz CT molecular complexity index is 1460. The van der Waals surface area contributed by atoms with Crippen LogP contribution in [-0.4, -0.2) is 47.9 Å². The summed E-state index contributed by atoms with van der Waals surface area (Å²) in [5.74, 6) is 0.355. The zero-order valence-electron chi connectivity index (χ0n) is 23.4. The lowest BCUT2D eigenvalue weighted by molar-refractivity contribution is -0.120. The van der Waals surface area contributed by atoms with Gasteiger partial charge in [0.15, 0.2) is 5.78 Å². The first-order valence-electron chi connectivity index (χ1n) is 14.3. The van der Waals surface area contributed by atoms with Crippen LogP contribution in [0.3, 0.4) is 0 Å². The quantitative estimate of drug-likeness (QED) is 0.189. The van der Waals surface area contributed by atoms with Gasteiger partial charge in [-0.05, 0) is 59.9 Å². The van der Waals surface area contributed by atoms with Crippen LogP contribution in [0.15, 0.2) is 107 Å². The predicted molar refractivity (Wildman–Crippen MR) is 171 cm³/mol. The summed E-state index contributed by atoms with van der Waals surface area (Å²) in [6, 6.07) is 28.6. The Morgan fingerprint density at radius 2 is 1.57 bits per heavy atom. The Labute approximate surface area is 256 Å². The number of Topliss-reactive ketones (excluding diaryl/α,β-unsaturated/α-hetero) is 1.